The van der Waals surface area contributed by atoms with Crippen LogP contribution >= 0.6 is 0 Å². The molecule has 0 fully saturated rings. The zero-order valence-electron chi connectivity index (χ0n) is 12.5. The van der Waals surface area contributed by atoms with E-state index in [1.165, 1.54) is 0 Å². The monoisotopic (exact) mass is 301 g/mol. The summed E-state index contributed by atoms with van der Waals surface area (Å²) in [7, 11) is 0. The maximum Gasteiger partial charge on any atom is 0.229 e. The molecule has 0 radical (unpaired) electrons. The number of carbonyl (C=O) groups is 2. The molecule has 1 unspecified atom stereocenters. The Bertz CT molecular complexity index is 864. The molecular formula is C20H15NO2. The van der Waals surface area contributed by atoms with Crippen LogP contribution in [0.4, 0.5) is 0 Å². The number of aliphatic imine (C=N–C) groups is 1. The largest absolute Gasteiger partial charge is 0.292 e. The minimum atomic E-state index is -0.785. The van der Waals surface area contributed by atoms with E-state index >= 15 is 0 Å². The van der Waals surface area contributed by atoms with Crippen LogP contribution in [0.1, 0.15) is 15.9 Å². The highest BCUT2D eigenvalue weighted by molar-refractivity contribution is 6.47. The lowest BCUT2D eigenvalue weighted by Gasteiger charge is -2.33. The van der Waals surface area contributed by atoms with Gasteiger partial charge in [0.1, 0.15) is 0 Å². The quantitative estimate of drug-likeness (QED) is 0.759. The summed E-state index contributed by atoms with van der Waals surface area (Å²) in [5.41, 5.74) is 2.67. The summed E-state index contributed by atoms with van der Waals surface area (Å²) < 4.78 is 0. The standard InChI is InChI=1S/C20H15NO2/c22-18-17-11-15(14-5-2-1-3-6-14)7-8-16(17)12-20(19(18)23)9-4-10-21-13-20/h1-11H,12-13H2. The Balaban J connectivity index is 1.80. The van der Waals surface area contributed by atoms with E-state index in [1.807, 2.05) is 54.6 Å². The number of Topliss-reactive ketones (excluding diaryl/α,β-unsaturated/α-hetero) is 2. The smallest absolute Gasteiger partial charge is 0.229 e. The van der Waals surface area contributed by atoms with E-state index in [9.17, 15) is 9.59 Å². The average Bonchev–Trinajstić information content (AvgIpc) is 2.61. The minimum Gasteiger partial charge on any atom is -0.292 e. The topological polar surface area (TPSA) is 46.5 Å². The number of carbonyl (C=O) groups excluding carboxylic acids is 2. The molecule has 2 aromatic carbocycles. The van der Waals surface area contributed by atoms with Gasteiger partial charge in [-0.1, -0.05) is 48.5 Å². The van der Waals surface area contributed by atoms with Crippen LogP contribution in [-0.2, 0) is 11.2 Å². The van der Waals surface area contributed by atoms with Gasteiger partial charge in [0.25, 0.3) is 0 Å². The molecule has 1 aliphatic carbocycles. The molecule has 1 spiro atoms. The van der Waals surface area contributed by atoms with Gasteiger partial charge >= 0.3 is 0 Å². The predicted molar refractivity (Wildman–Crippen MR) is 89.9 cm³/mol. The minimum absolute atomic E-state index is 0.344. The molecule has 0 amide bonds. The van der Waals surface area contributed by atoms with E-state index in [0.717, 1.165) is 16.7 Å². The van der Waals surface area contributed by atoms with Gasteiger partial charge in [0, 0.05) is 11.8 Å². The summed E-state index contributed by atoms with van der Waals surface area (Å²) in [4.78, 5) is 29.5. The number of fused-ring (bicyclic) bond motifs is 1. The van der Waals surface area contributed by atoms with Crippen molar-refractivity contribution >= 4 is 17.8 Å². The Labute approximate surface area is 134 Å². The third-order valence-corrected chi connectivity index (χ3v) is 4.61. The SMILES string of the molecule is O=C1C(=O)C2(C=CC=NC2)Cc2ccc(-c3ccccc3)cc21. The van der Waals surface area contributed by atoms with Gasteiger partial charge in [-0.15, -0.1) is 0 Å². The molecule has 3 nitrogen and oxygen atoms in total. The molecule has 0 bridgehead atoms. The highest BCUT2D eigenvalue weighted by atomic mass is 16.2. The molecule has 2 aliphatic rings. The number of nitrogens with zero attached hydrogens (tertiary/aromatic N) is 1. The third-order valence-electron chi connectivity index (χ3n) is 4.61. The van der Waals surface area contributed by atoms with Crippen molar-refractivity contribution in [3.05, 3.63) is 71.8 Å². The van der Waals surface area contributed by atoms with Crippen molar-refractivity contribution in [1.29, 1.82) is 0 Å². The lowest BCUT2D eigenvalue weighted by atomic mass is 9.69. The van der Waals surface area contributed by atoms with Gasteiger partial charge in [-0.05, 0) is 35.3 Å². The van der Waals surface area contributed by atoms with E-state index < -0.39 is 11.2 Å². The first-order valence-corrected chi connectivity index (χ1v) is 7.65. The van der Waals surface area contributed by atoms with Crippen LogP contribution in [0, 0.1) is 5.41 Å². The van der Waals surface area contributed by atoms with Crippen molar-refractivity contribution in [2.24, 2.45) is 10.4 Å². The lowest BCUT2D eigenvalue weighted by molar-refractivity contribution is -0.122. The number of ketones is 2. The Hall–Kier alpha value is -2.81. The van der Waals surface area contributed by atoms with Crippen LogP contribution in [0.5, 0.6) is 0 Å². The fourth-order valence-electron chi connectivity index (χ4n) is 3.34. The average molecular weight is 301 g/mol. The van der Waals surface area contributed by atoms with Crippen LogP contribution in [0.3, 0.4) is 0 Å². The molecule has 0 saturated carbocycles. The Kier molecular flexibility index (Phi) is 3.08. The van der Waals surface area contributed by atoms with Crippen molar-refractivity contribution in [2.75, 3.05) is 6.54 Å². The van der Waals surface area contributed by atoms with Crippen LogP contribution < -0.4 is 0 Å². The van der Waals surface area contributed by atoms with Gasteiger partial charge in [-0.2, -0.15) is 0 Å². The molecule has 1 aliphatic heterocycles. The van der Waals surface area contributed by atoms with Crippen LogP contribution in [0.15, 0.2) is 65.7 Å². The molecule has 1 heterocycles. The molecule has 23 heavy (non-hydrogen) atoms. The third kappa shape index (κ3) is 2.16. The van der Waals surface area contributed by atoms with Gasteiger partial charge in [0.2, 0.25) is 11.6 Å². The number of allylic oxidation sites excluding steroid dienone is 1. The number of benzene rings is 2. The normalized spacial score (nSPS) is 22.4. The van der Waals surface area contributed by atoms with Crippen LogP contribution in [0.2, 0.25) is 0 Å². The van der Waals surface area contributed by atoms with E-state index in [-0.39, 0.29) is 5.78 Å². The zero-order valence-corrected chi connectivity index (χ0v) is 12.5. The van der Waals surface area contributed by atoms with Crippen molar-refractivity contribution in [1.82, 2.24) is 0 Å². The second-order valence-corrected chi connectivity index (χ2v) is 6.08. The first-order valence-electron chi connectivity index (χ1n) is 7.65. The molecule has 0 aromatic heterocycles. The second kappa shape index (κ2) is 5.13. The zero-order chi connectivity index (χ0) is 15.9. The molecule has 3 heteroatoms. The number of hydrogen-bond acceptors (Lipinski definition) is 3. The Morgan fingerprint density at radius 2 is 1.78 bits per heavy atom. The van der Waals surface area contributed by atoms with Crippen molar-refractivity contribution in [3.63, 3.8) is 0 Å². The second-order valence-electron chi connectivity index (χ2n) is 6.08. The highest BCUT2D eigenvalue weighted by Gasteiger charge is 2.45. The summed E-state index contributed by atoms with van der Waals surface area (Å²) in [6, 6.07) is 15.7. The number of dihydropyridines is 1. The van der Waals surface area contributed by atoms with E-state index in [2.05, 4.69) is 4.99 Å². The summed E-state index contributed by atoms with van der Waals surface area (Å²) in [5.74, 6) is -0.742. The summed E-state index contributed by atoms with van der Waals surface area (Å²) in [5, 5.41) is 0. The predicted octanol–water partition coefficient (Wildman–Crippen LogP) is 3.29. The first-order chi connectivity index (χ1) is 11.2. The molecule has 0 saturated heterocycles. The van der Waals surface area contributed by atoms with Gasteiger partial charge in [0.15, 0.2) is 0 Å². The molecule has 4 rings (SSSR count). The maximum atomic E-state index is 12.6. The van der Waals surface area contributed by atoms with Gasteiger partial charge in [-0.3, -0.25) is 14.6 Å². The van der Waals surface area contributed by atoms with E-state index in [0.29, 0.717) is 18.5 Å². The Morgan fingerprint density at radius 1 is 0.957 bits per heavy atom. The summed E-state index contributed by atoms with van der Waals surface area (Å²) in [6.07, 6.45) is 5.80. The molecule has 1 atom stereocenters. The molecule has 112 valence electrons. The Morgan fingerprint density at radius 3 is 2.52 bits per heavy atom. The summed E-state index contributed by atoms with van der Waals surface area (Å²) >= 11 is 0. The van der Waals surface area contributed by atoms with E-state index in [4.69, 9.17) is 0 Å². The van der Waals surface area contributed by atoms with Crippen molar-refractivity contribution < 1.29 is 9.59 Å². The number of hydrogen-bond donors (Lipinski definition) is 0. The molecular weight excluding hydrogens is 286 g/mol. The van der Waals surface area contributed by atoms with Crippen LogP contribution in [0.25, 0.3) is 11.1 Å². The van der Waals surface area contributed by atoms with E-state index in [1.54, 1.807) is 12.3 Å². The lowest BCUT2D eigenvalue weighted by Crippen LogP contribution is -2.44. The van der Waals surface area contributed by atoms with Crippen LogP contribution in [-0.4, -0.2) is 24.3 Å². The summed E-state index contributed by atoms with van der Waals surface area (Å²) in [6.45, 7) is 0.355. The molecule has 2 aromatic rings. The number of rotatable bonds is 1. The maximum absolute atomic E-state index is 12.6. The van der Waals surface area contributed by atoms with Crippen molar-refractivity contribution in [3.8, 4) is 11.1 Å². The van der Waals surface area contributed by atoms with Crippen molar-refractivity contribution in [2.45, 2.75) is 6.42 Å². The molecule has 0 N–H and O–H groups in total. The first kappa shape index (κ1) is 13.8. The van der Waals surface area contributed by atoms with Gasteiger partial charge in [-0.25, -0.2) is 0 Å². The highest BCUT2D eigenvalue weighted by Crippen LogP contribution is 2.37. The van der Waals surface area contributed by atoms with Gasteiger partial charge in [0.05, 0.1) is 12.0 Å². The van der Waals surface area contributed by atoms with Gasteiger partial charge < -0.3 is 0 Å². The fraction of sp³-hybridized carbons (Fsp3) is 0.150. The fourth-order valence-corrected chi connectivity index (χ4v) is 3.34.